The zero-order valence-corrected chi connectivity index (χ0v) is 16.5. The molecule has 7 heteroatoms. The minimum Gasteiger partial charge on any atom is -0.369 e. The standard InChI is InChI=1S/C19H30N6O/c1-6-17-16(18(7-2)24(5)22-17)11-25-9-14(15(10-25)19(20)26)13-8-21-23(4)12(13)3/h8,14-15H,6-7,9-11H2,1-5H3,(H2,20,26)/t14-,15+/m1/s1. The molecule has 1 amide bonds. The molecule has 0 unspecified atom stereocenters. The number of amides is 1. The lowest BCUT2D eigenvalue weighted by molar-refractivity contribution is -0.121. The molecule has 0 radical (unpaired) electrons. The summed E-state index contributed by atoms with van der Waals surface area (Å²) in [7, 11) is 3.95. The summed E-state index contributed by atoms with van der Waals surface area (Å²) in [5.41, 5.74) is 11.7. The third-order valence-electron chi connectivity index (χ3n) is 5.84. The molecular weight excluding hydrogens is 328 g/mol. The fraction of sp³-hybridized carbons (Fsp3) is 0.632. The fourth-order valence-corrected chi connectivity index (χ4v) is 4.29. The van der Waals surface area contributed by atoms with Gasteiger partial charge in [0.05, 0.1) is 17.8 Å². The summed E-state index contributed by atoms with van der Waals surface area (Å²) in [6.45, 7) is 8.69. The van der Waals surface area contributed by atoms with E-state index in [4.69, 9.17) is 5.73 Å². The molecular formula is C19H30N6O. The van der Waals surface area contributed by atoms with Gasteiger partial charge in [-0.05, 0) is 25.3 Å². The SMILES string of the molecule is CCc1nn(C)c(CC)c1CN1C[C@H](C(N)=O)[C@@H](c2cnn(C)c2C)C1. The van der Waals surface area contributed by atoms with Gasteiger partial charge in [-0.15, -0.1) is 0 Å². The molecule has 2 atom stereocenters. The molecule has 7 nitrogen and oxygen atoms in total. The van der Waals surface area contributed by atoms with Crippen molar-refractivity contribution < 1.29 is 4.79 Å². The number of carbonyl (C=O) groups is 1. The Morgan fingerprint density at radius 3 is 2.50 bits per heavy atom. The van der Waals surface area contributed by atoms with Crippen LogP contribution in [0.1, 0.15) is 48.0 Å². The summed E-state index contributed by atoms with van der Waals surface area (Å²) in [5, 5.41) is 9.03. The van der Waals surface area contributed by atoms with E-state index in [1.165, 1.54) is 11.3 Å². The molecule has 1 aliphatic heterocycles. The van der Waals surface area contributed by atoms with Gasteiger partial charge >= 0.3 is 0 Å². The number of nitrogens with zero attached hydrogens (tertiary/aromatic N) is 5. The van der Waals surface area contributed by atoms with Crippen molar-refractivity contribution in [2.75, 3.05) is 13.1 Å². The highest BCUT2D eigenvalue weighted by Crippen LogP contribution is 2.35. The van der Waals surface area contributed by atoms with Crippen molar-refractivity contribution in [2.24, 2.45) is 25.7 Å². The maximum Gasteiger partial charge on any atom is 0.222 e. The first-order chi connectivity index (χ1) is 12.4. The number of likely N-dealkylation sites (tertiary alicyclic amines) is 1. The van der Waals surface area contributed by atoms with Crippen LogP contribution in [0.25, 0.3) is 0 Å². The number of nitrogens with two attached hydrogens (primary N) is 1. The smallest absolute Gasteiger partial charge is 0.222 e. The van der Waals surface area contributed by atoms with Crippen molar-refractivity contribution in [2.45, 2.75) is 46.1 Å². The molecule has 142 valence electrons. The molecule has 1 saturated heterocycles. The van der Waals surface area contributed by atoms with Crippen LogP contribution in [0.15, 0.2) is 6.20 Å². The maximum absolute atomic E-state index is 12.1. The minimum atomic E-state index is -0.224. The van der Waals surface area contributed by atoms with Crippen LogP contribution in [0.2, 0.25) is 0 Å². The van der Waals surface area contributed by atoms with Crippen molar-refractivity contribution in [1.82, 2.24) is 24.5 Å². The highest BCUT2D eigenvalue weighted by molar-refractivity contribution is 5.78. The second-order valence-electron chi connectivity index (χ2n) is 7.32. The Hall–Kier alpha value is -2.15. The first-order valence-corrected chi connectivity index (χ1v) is 9.41. The topological polar surface area (TPSA) is 82.0 Å². The number of aromatic nitrogens is 4. The van der Waals surface area contributed by atoms with Crippen molar-refractivity contribution in [3.05, 3.63) is 34.4 Å². The molecule has 0 aliphatic carbocycles. The zero-order chi connectivity index (χ0) is 19.0. The summed E-state index contributed by atoms with van der Waals surface area (Å²) < 4.78 is 3.86. The third-order valence-corrected chi connectivity index (χ3v) is 5.84. The summed E-state index contributed by atoms with van der Waals surface area (Å²) in [6, 6.07) is 0. The molecule has 2 aromatic rings. The Kier molecular flexibility index (Phi) is 5.18. The van der Waals surface area contributed by atoms with Gasteiger partial charge in [0.25, 0.3) is 0 Å². The first-order valence-electron chi connectivity index (χ1n) is 9.41. The number of primary amides is 1. The predicted molar refractivity (Wildman–Crippen MR) is 101 cm³/mol. The molecule has 2 aromatic heterocycles. The molecule has 1 fully saturated rings. The molecule has 2 N–H and O–H groups in total. The highest BCUT2D eigenvalue weighted by Gasteiger charge is 2.39. The van der Waals surface area contributed by atoms with Gasteiger partial charge < -0.3 is 5.73 Å². The number of hydrogen-bond donors (Lipinski definition) is 1. The van der Waals surface area contributed by atoms with Crippen LogP contribution < -0.4 is 5.73 Å². The lowest BCUT2D eigenvalue weighted by Crippen LogP contribution is -2.29. The van der Waals surface area contributed by atoms with E-state index in [1.54, 1.807) is 0 Å². The van der Waals surface area contributed by atoms with E-state index in [0.29, 0.717) is 6.54 Å². The lowest BCUT2D eigenvalue weighted by atomic mass is 9.89. The van der Waals surface area contributed by atoms with Crippen LogP contribution in [0.4, 0.5) is 0 Å². The first kappa shape index (κ1) is 18.6. The molecule has 0 bridgehead atoms. The normalized spacial score (nSPS) is 20.8. The van der Waals surface area contributed by atoms with E-state index in [1.807, 2.05) is 29.7 Å². The van der Waals surface area contributed by atoms with E-state index in [0.717, 1.165) is 42.9 Å². The lowest BCUT2D eigenvalue weighted by Gasteiger charge is -2.17. The van der Waals surface area contributed by atoms with E-state index in [9.17, 15) is 4.79 Å². The van der Waals surface area contributed by atoms with E-state index in [2.05, 4.69) is 35.9 Å². The van der Waals surface area contributed by atoms with Gasteiger partial charge in [0.1, 0.15) is 0 Å². The Morgan fingerprint density at radius 2 is 1.96 bits per heavy atom. The van der Waals surface area contributed by atoms with Gasteiger partial charge in [0, 0.05) is 56.6 Å². The van der Waals surface area contributed by atoms with Crippen LogP contribution in [0.5, 0.6) is 0 Å². The fourth-order valence-electron chi connectivity index (χ4n) is 4.29. The second kappa shape index (κ2) is 7.23. The van der Waals surface area contributed by atoms with Crippen LogP contribution in [0.3, 0.4) is 0 Å². The Bertz CT molecular complexity index is 805. The number of carbonyl (C=O) groups excluding carboxylic acids is 1. The Labute approximate surface area is 155 Å². The molecule has 0 saturated carbocycles. The van der Waals surface area contributed by atoms with Gasteiger partial charge in [0.15, 0.2) is 0 Å². The van der Waals surface area contributed by atoms with E-state index < -0.39 is 0 Å². The van der Waals surface area contributed by atoms with Crippen LogP contribution in [0, 0.1) is 12.8 Å². The Morgan fingerprint density at radius 1 is 1.23 bits per heavy atom. The summed E-state index contributed by atoms with van der Waals surface area (Å²) in [4.78, 5) is 14.5. The van der Waals surface area contributed by atoms with Gasteiger partial charge in [0.2, 0.25) is 5.91 Å². The Balaban J connectivity index is 1.87. The third kappa shape index (κ3) is 3.16. The molecule has 0 aromatic carbocycles. The molecule has 3 heterocycles. The van der Waals surface area contributed by atoms with Crippen LogP contribution >= 0.6 is 0 Å². The average Bonchev–Trinajstić information content (AvgIpc) is 3.25. The van der Waals surface area contributed by atoms with Gasteiger partial charge in [-0.2, -0.15) is 10.2 Å². The molecule has 3 rings (SSSR count). The van der Waals surface area contributed by atoms with Gasteiger partial charge in [-0.25, -0.2) is 0 Å². The van der Waals surface area contributed by atoms with E-state index in [-0.39, 0.29) is 17.7 Å². The van der Waals surface area contributed by atoms with Gasteiger partial charge in [-0.1, -0.05) is 13.8 Å². The summed E-state index contributed by atoms with van der Waals surface area (Å²) >= 11 is 0. The predicted octanol–water partition coefficient (Wildman–Crippen LogP) is 1.29. The molecule has 1 aliphatic rings. The van der Waals surface area contributed by atoms with Crippen LogP contribution in [-0.2, 0) is 38.3 Å². The van der Waals surface area contributed by atoms with Crippen LogP contribution in [-0.4, -0.2) is 43.5 Å². The monoisotopic (exact) mass is 358 g/mol. The summed E-state index contributed by atoms with van der Waals surface area (Å²) in [5.74, 6) is -0.295. The number of aryl methyl sites for hydroxylation is 3. The maximum atomic E-state index is 12.1. The number of rotatable bonds is 6. The van der Waals surface area contributed by atoms with E-state index >= 15 is 0 Å². The van der Waals surface area contributed by atoms with Crippen molar-refractivity contribution >= 4 is 5.91 Å². The molecule has 0 spiro atoms. The highest BCUT2D eigenvalue weighted by atomic mass is 16.1. The number of hydrogen-bond acceptors (Lipinski definition) is 4. The minimum absolute atomic E-state index is 0.105. The van der Waals surface area contributed by atoms with Crippen molar-refractivity contribution in [3.63, 3.8) is 0 Å². The zero-order valence-electron chi connectivity index (χ0n) is 16.5. The van der Waals surface area contributed by atoms with Crippen molar-refractivity contribution in [3.8, 4) is 0 Å². The average molecular weight is 358 g/mol. The summed E-state index contributed by atoms with van der Waals surface area (Å²) in [6.07, 6.45) is 3.76. The second-order valence-corrected chi connectivity index (χ2v) is 7.32. The van der Waals surface area contributed by atoms with Crippen molar-refractivity contribution in [1.29, 1.82) is 0 Å². The quantitative estimate of drug-likeness (QED) is 0.843. The molecule has 26 heavy (non-hydrogen) atoms. The van der Waals surface area contributed by atoms with Gasteiger partial charge in [-0.3, -0.25) is 19.1 Å². The largest absolute Gasteiger partial charge is 0.369 e.